The smallest absolute Gasteiger partial charge is 0.245 e. The Hall–Kier alpha value is -10.6. The van der Waals surface area contributed by atoms with E-state index in [1.807, 2.05) is 0 Å². The van der Waals surface area contributed by atoms with Crippen LogP contribution >= 0.6 is 0 Å². The summed E-state index contributed by atoms with van der Waals surface area (Å²) in [6, 6.07) is -0.946. The van der Waals surface area contributed by atoms with E-state index in [1.54, 1.807) is 40.8 Å². The van der Waals surface area contributed by atoms with Crippen molar-refractivity contribution in [2.24, 2.45) is 22.7 Å². The van der Waals surface area contributed by atoms with E-state index >= 15 is 4.39 Å². The Balaban J connectivity index is 1.32. The number of tetrazole rings is 2. The number of benzene rings is 2. The van der Waals surface area contributed by atoms with Gasteiger partial charge in [-0.2, -0.15) is 10.4 Å². The van der Waals surface area contributed by atoms with Crippen molar-refractivity contribution < 1.29 is 87.5 Å². The minimum absolute atomic E-state index is 0.0542. The summed E-state index contributed by atoms with van der Waals surface area (Å²) in [6.45, 7) is 11.9. The van der Waals surface area contributed by atoms with E-state index in [0.29, 0.717) is 24.1 Å². The Labute approximate surface area is 591 Å². The molecule has 18 N–H and O–H groups in total. The molecule has 3 aromatic heterocycles. The summed E-state index contributed by atoms with van der Waals surface area (Å²) in [5, 5.41) is 105. The zero-order valence-electron chi connectivity index (χ0n) is 58.8. The second-order valence-corrected chi connectivity index (χ2v) is 26.9. The first-order chi connectivity index (χ1) is 48.5. The molecule has 0 fully saturated rings. The summed E-state index contributed by atoms with van der Waals surface area (Å²) >= 11 is 0. The highest BCUT2D eigenvalue weighted by Gasteiger charge is 2.44. The van der Waals surface area contributed by atoms with Crippen molar-refractivity contribution in [2.45, 2.75) is 181 Å². The first kappa shape index (κ1) is 83.1. The fraction of sp³-hybridized carbons (Fsp3) is 0.554. The van der Waals surface area contributed by atoms with Crippen molar-refractivity contribution in [3.63, 3.8) is 0 Å². The third kappa shape index (κ3) is 25.5. The number of rotatable bonds is 41. The highest BCUT2D eigenvalue weighted by Crippen LogP contribution is 2.31. The van der Waals surface area contributed by atoms with E-state index in [4.69, 9.17) is 0 Å². The molecule has 562 valence electrons. The van der Waals surface area contributed by atoms with Gasteiger partial charge < -0.3 is 83.7 Å². The molecule has 0 spiro atoms. The number of Topliss-reactive ketones (excluding diaryl/α,β-unsaturated/α-hetero) is 2. The van der Waals surface area contributed by atoms with E-state index in [2.05, 4.69) is 104 Å². The van der Waals surface area contributed by atoms with Gasteiger partial charge in [-0.3, -0.25) is 57.5 Å². The third-order valence-corrected chi connectivity index (χ3v) is 16.7. The number of imidazole rings is 1. The van der Waals surface area contributed by atoms with Gasteiger partial charge in [-0.15, -0.1) is 20.4 Å². The van der Waals surface area contributed by atoms with Crippen molar-refractivity contribution in [1.29, 1.82) is 0 Å². The summed E-state index contributed by atoms with van der Waals surface area (Å²) in [5.41, 5.74) is -3.63. The maximum atomic E-state index is 15.5. The van der Waals surface area contributed by atoms with Crippen LogP contribution in [0, 0.1) is 28.5 Å². The molecule has 0 saturated heterocycles. The summed E-state index contributed by atoms with van der Waals surface area (Å²) in [7, 11) is 0. The van der Waals surface area contributed by atoms with Crippen molar-refractivity contribution in [3.8, 4) is 5.75 Å². The number of aromatic nitrogens is 10. The molecule has 0 saturated carbocycles. The number of halogens is 1. The number of aromatic hydroxyl groups is 1. The molecule has 0 aliphatic carbocycles. The number of aromatic amines is 3. The number of carbonyl (C=O) groups is 12. The number of phenolic OH excluding ortho intramolecular Hbond substituents is 1. The molecule has 38 heteroatoms. The molecule has 103 heavy (non-hydrogen) atoms. The lowest BCUT2D eigenvalue weighted by Gasteiger charge is -2.33. The van der Waals surface area contributed by atoms with Crippen LogP contribution in [0.25, 0.3) is 0 Å². The summed E-state index contributed by atoms with van der Waals surface area (Å²) in [4.78, 5) is 175. The molecule has 2 aromatic carbocycles. The van der Waals surface area contributed by atoms with E-state index in [1.165, 1.54) is 69.6 Å². The lowest BCUT2D eigenvalue weighted by molar-refractivity contribution is -0.143. The summed E-state index contributed by atoms with van der Waals surface area (Å²) < 4.78 is 15.5. The standard InChI is InChI=1S/C65H93FN20O17/c1-11-33(2)51(59(100)78-63(5,6)7)76-58(99)45(31-88)73-56(97)42(22-36-16-18-40(91)19-17-36)72-57(98)44(25-49-81-85-86-82-49)71-54(95)38(30-87)23-46(92)52(34(3)89)77-62(103)65(10,26-37-14-12-13-15-41(37)66)27-47(93)53(35(4)90)75-50(94)29-69-55(96)43(24-48-79-83-84-80-48)74-61(102)64(8,9)60(101)68-21-20-39-28-67-32-70-39/h12-19,28,32-35,38,42-45,51-53,87-91H,11,20-27,29-31H2,1-10H3,(H,67,70)(H,68,101)(H,69,96)(H,71,95)(H,72,98)(H,73,97)(H,74,102)(H,75,94)(H,76,99)(H,77,103)(H,78,100)(H,79,80,83,84)(H,81,82,85,86)/t33-,34-,35-,38+,42+,43+,44+,45+,51-,52+,53+,65-/m1/s1. The predicted molar refractivity (Wildman–Crippen MR) is 359 cm³/mol. The highest BCUT2D eigenvalue weighted by atomic mass is 19.1. The van der Waals surface area contributed by atoms with Gasteiger partial charge in [-0.05, 0) is 90.1 Å². The molecule has 0 aliphatic rings. The predicted octanol–water partition coefficient (Wildman–Crippen LogP) is -4.31. The summed E-state index contributed by atoms with van der Waals surface area (Å²) in [5.74, 6) is -15.2. The third-order valence-electron chi connectivity index (χ3n) is 16.7. The molecule has 37 nitrogen and oxygen atoms in total. The Morgan fingerprint density at radius 1 is 0.592 bits per heavy atom. The molecule has 10 amide bonds. The molecule has 5 aromatic rings. The number of nitrogens with zero attached hydrogens (tertiary/aromatic N) is 7. The van der Waals surface area contributed by atoms with E-state index in [0.717, 1.165) is 19.9 Å². The van der Waals surface area contributed by atoms with Gasteiger partial charge in [0.2, 0.25) is 59.1 Å². The average Bonchev–Trinajstić information content (AvgIpc) is 1.61. The number of carbonyl (C=O) groups excluding carboxylic acids is 12. The van der Waals surface area contributed by atoms with Crippen molar-refractivity contribution in [3.05, 3.63) is 95.3 Å². The maximum Gasteiger partial charge on any atom is 0.245 e. The van der Waals surface area contributed by atoms with Gasteiger partial charge in [-0.1, -0.05) is 68.0 Å². The maximum absolute atomic E-state index is 15.5. The Kier molecular flexibility index (Phi) is 31.0. The number of hydrogen-bond acceptors (Lipinski definition) is 24. The minimum Gasteiger partial charge on any atom is -0.508 e. The number of aliphatic hydroxyl groups is 4. The Morgan fingerprint density at radius 3 is 1.69 bits per heavy atom. The zero-order chi connectivity index (χ0) is 76.5. The Morgan fingerprint density at radius 2 is 1.16 bits per heavy atom. The quantitative estimate of drug-likeness (QED) is 0.0165. The van der Waals surface area contributed by atoms with Crippen LogP contribution in [-0.4, -0.2) is 234 Å². The number of H-pyrrole nitrogens is 3. The van der Waals surface area contributed by atoms with Crippen LogP contribution in [0.3, 0.4) is 0 Å². The molecule has 0 bridgehead atoms. The first-order valence-corrected chi connectivity index (χ1v) is 33.1. The highest BCUT2D eigenvalue weighted by molar-refractivity contribution is 6.06. The van der Waals surface area contributed by atoms with Crippen LogP contribution in [0.4, 0.5) is 4.39 Å². The lowest BCUT2D eigenvalue weighted by atomic mass is 9.76. The molecular weight excluding hydrogens is 1350 g/mol. The lowest BCUT2D eigenvalue weighted by Crippen LogP contribution is -2.61. The van der Waals surface area contributed by atoms with Crippen LogP contribution < -0.4 is 53.2 Å². The number of aliphatic hydroxyl groups excluding tert-OH is 4. The van der Waals surface area contributed by atoms with Crippen LogP contribution in [0.2, 0.25) is 0 Å². The van der Waals surface area contributed by atoms with Crippen molar-refractivity contribution >= 4 is 70.6 Å². The summed E-state index contributed by atoms with van der Waals surface area (Å²) in [6.07, 6.45) is -3.46. The minimum atomic E-state index is -2.11. The number of hydrogen-bond donors (Lipinski definition) is 18. The zero-order valence-corrected chi connectivity index (χ0v) is 58.8. The van der Waals surface area contributed by atoms with E-state index < -0.39 is 211 Å². The van der Waals surface area contributed by atoms with Crippen LogP contribution in [0.15, 0.2) is 61.1 Å². The second-order valence-electron chi connectivity index (χ2n) is 26.9. The van der Waals surface area contributed by atoms with Gasteiger partial charge in [0, 0.05) is 62.5 Å². The molecule has 12 atom stereocenters. The van der Waals surface area contributed by atoms with Crippen LogP contribution in [-0.2, 0) is 89.6 Å². The number of phenols is 1. The molecular formula is C65H93FN20O17. The normalized spacial score (nSPS) is 15.4. The number of nitrogens with one attached hydrogen (secondary N) is 13. The van der Waals surface area contributed by atoms with Crippen molar-refractivity contribution in [2.75, 3.05) is 26.3 Å². The largest absolute Gasteiger partial charge is 0.508 e. The second kappa shape index (κ2) is 38.4. The number of ketones is 2. The van der Waals surface area contributed by atoms with E-state index in [9.17, 15) is 83.1 Å². The van der Waals surface area contributed by atoms with Crippen LogP contribution in [0.5, 0.6) is 5.75 Å². The van der Waals surface area contributed by atoms with Gasteiger partial charge in [0.1, 0.15) is 59.3 Å². The SMILES string of the molecule is CC[C@@H](C)[C@@H](NC(=O)[C@H](CO)NC(=O)[C@H](Cc1ccc(O)cc1)NC(=O)[C@H](Cc1nn[nH]n1)NC(=O)[C@H](CO)CC(=O)[C@@H](NC(=O)[C@@](C)(CC(=O)[C@@H](NC(=O)CNC(=O)[C@H](Cc1nn[nH]n1)NC(=O)C(C)(C)C(=O)NCCc1cnc[nH]1)[C@@H](C)O)Cc1ccccc1F)[C@@H](C)O)C(=O)NC(C)(C)C. The fourth-order valence-corrected chi connectivity index (χ4v) is 10.4. The Bertz CT molecular complexity index is 3690. The average molecular weight is 1450 g/mol. The topological polar surface area (TPSA) is 564 Å². The number of amides is 10. The van der Waals surface area contributed by atoms with Gasteiger partial charge in [0.05, 0.1) is 49.6 Å². The molecule has 0 aliphatic heterocycles. The monoisotopic (exact) mass is 1440 g/mol. The first-order valence-electron chi connectivity index (χ1n) is 33.1. The van der Waals surface area contributed by atoms with Crippen molar-refractivity contribution in [1.82, 2.24) is 104 Å². The van der Waals surface area contributed by atoms with Gasteiger partial charge in [0.25, 0.3) is 0 Å². The van der Waals surface area contributed by atoms with Gasteiger partial charge in [-0.25, -0.2) is 9.37 Å². The molecule has 3 heterocycles. The van der Waals surface area contributed by atoms with Gasteiger partial charge in [0.15, 0.2) is 23.2 Å². The van der Waals surface area contributed by atoms with Crippen LogP contribution in [0.1, 0.15) is 117 Å². The molecule has 0 unspecified atom stereocenters. The van der Waals surface area contributed by atoms with E-state index in [-0.39, 0.29) is 35.9 Å². The van der Waals surface area contributed by atoms with Gasteiger partial charge >= 0.3 is 0 Å². The fourth-order valence-electron chi connectivity index (χ4n) is 10.4. The molecule has 0 radical (unpaired) electrons. The molecule has 5 rings (SSSR count).